The molecule has 0 atom stereocenters. The molecule has 150 valence electrons. The minimum Gasteiger partial charge on any atom is -0.204 e. The van der Waals surface area contributed by atoms with Crippen molar-refractivity contribution >= 4 is 0 Å². The summed E-state index contributed by atoms with van der Waals surface area (Å²) in [5, 5.41) is 0. The van der Waals surface area contributed by atoms with E-state index in [9.17, 15) is 8.78 Å². The topological polar surface area (TPSA) is 0 Å². The van der Waals surface area contributed by atoms with Gasteiger partial charge in [-0.2, -0.15) is 0 Å². The third-order valence-electron chi connectivity index (χ3n) is 7.05. The first-order valence-electron chi connectivity index (χ1n) is 11.3. The van der Waals surface area contributed by atoms with Gasteiger partial charge in [0.2, 0.25) is 0 Å². The van der Waals surface area contributed by atoms with Gasteiger partial charge in [-0.15, -0.1) is 0 Å². The van der Waals surface area contributed by atoms with Crippen LogP contribution in [0.1, 0.15) is 95.5 Å². The highest BCUT2D eigenvalue weighted by atomic mass is 19.2. The molecule has 0 N–H and O–H groups in total. The number of allylic oxidation sites excluding steroid dienone is 2. The smallest absolute Gasteiger partial charge is 0.159 e. The second-order valence-corrected chi connectivity index (χ2v) is 8.88. The molecule has 0 radical (unpaired) electrons. The van der Waals surface area contributed by atoms with Gasteiger partial charge in [-0.3, -0.25) is 0 Å². The number of unbranched alkanes of at least 4 members (excludes halogenated alkanes) is 3. The summed E-state index contributed by atoms with van der Waals surface area (Å²) in [6.45, 7) is 2.26. The average Bonchev–Trinajstić information content (AvgIpc) is 2.71. The van der Waals surface area contributed by atoms with E-state index in [-0.39, 0.29) is 0 Å². The van der Waals surface area contributed by atoms with Crippen LogP contribution in [0.3, 0.4) is 0 Å². The average molecular weight is 375 g/mol. The lowest BCUT2D eigenvalue weighted by Crippen LogP contribution is -2.25. The largest absolute Gasteiger partial charge is 0.204 e. The molecule has 1 aromatic rings. The molecule has 1 aromatic carbocycles. The highest BCUT2D eigenvalue weighted by molar-refractivity contribution is 5.22. The van der Waals surface area contributed by atoms with Crippen LogP contribution in [0.15, 0.2) is 30.4 Å². The first-order valence-corrected chi connectivity index (χ1v) is 11.3. The molecule has 2 aliphatic carbocycles. The molecule has 0 aliphatic heterocycles. The summed E-state index contributed by atoms with van der Waals surface area (Å²) in [6.07, 6.45) is 20.4. The second-order valence-electron chi connectivity index (χ2n) is 8.88. The molecule has 3 rings (SSSR count). The first-order chi connectivity index (χ1) is 13.2. The van der Waals surface area contributed by atoms with E-state index in [2.05, 4.69) is 19.1 Å². The summed E-state index contributed by atoms with van der Waals surface area (Å²) in [6, 6.07) is 4.48. The van der Waals surface area contributed by atoms with Crippen LogP contribution in [0.25, 0.3) is 0 Å². The minimum atomic E-state index is -0.733. The van der Waals surface area contributed by atoms with E-state index in [4.69, 9.17) is 0 Å². The molecule has 0 bridgehead atoms. The van der Waals surface area contributed by atoms with Gasteiger partial charge in [-0.25, -0.2) is 8.78 Å². The Bertz CT molecular complexity index is 590. The Hall–Kier alpha value is -1.18. The Kier molecular flexibility index (Phi) is 7.91. The molecule has 0 amide bonds. The molecule has 2 fully saturated rings. The molecule has 0 spiro atoms. The molecule has 0 aromatic heterocycles. The van der Waals surface area contributed by atoms with Gasteiger partial charge in [0, 0.05) is 0 Å². The highest BCUT2D eigenvalue weighted by Gasteiger charge is 2.30. The van der Waals surface area contributed by atoms with Gasteiger partial charge in [0.15, 0.2) is 11.6 Å². The van der Waals surface area contributed by atoms with Gasteiger partial charge in [-0.1, -0.05) is 38.0 Å². The molecular weight excluding hydrogens is 338 g/mol. The van der Waals surface area contributed by atoms with Crippen molar-refractivity contribution in [1.29, 1.82) is 0 Å². The van der Waals surface area contributed by atoms with Crippen molar-refractivity contribution in [1.82, 2.24) is 0 Å². The molecule has 2 aliphatic rings. The summed E-state index contributed by atoms with van der Waals surface area (Å²) in [4.78, 5) is 0. The summed E-state index contributed by atoms with van der Waals surface area (Å²) in [5.74, 6) is 1.53. The predicted molar refractivity (Wildman–Crippen MR) is 110 cm³/mol. The summed E-state index contributed by atoms with van der Waals surface area (Å²) in [5.41, 5.74) is 0.990. The number of halogens is 2. The van der Waals surface area contributed by atoms with Crippen molar-refractivity contribution in [2.24, 2.45) is 17.8 Å². The fraction of sp³-hybridized carbons (Fsp3) is 0.680. The SMILES string of the molecule is CCCCCC=C[C@H]1CC[C@H]([C@H]2CC[C@H](c3ccc(F)c(F)c3)CC2)CC1. The zero-order chi connectivity index (χ0) is 19.1. The molecular formula is C25H36F2. The molecule has 0 nitrogen and oxygen atoms in total. The zero-order valence-electron chi connectivity index (χ0n) is 16.9. The fourth-order valence-corrected chi connectivity index (χ4v) is 5.30. The van der Waals surface area contributed by atoms with Crippen LogP contribution in [0, 0.1) is 29.4 Å². The van der Waals surface area contributed by atoms with Crippen LogP contribution in [-0.2, 0) is 0 Å². The Balaban J connectivity index is 1.40. The summed E-state index contributed by atoms with van der Waals surface area (Å²) in [7, 11) is 0. The van der Waals surface area contributed by atoms with E-state index < -0.39 is 11.6 Å². The number of benzene rings is 1. The van der Waals surface area contributed by atoms with E-state index in [0.717, 1.165) is 36.2 Å². The van der Waals surface area contributed by atoms with Crippen molar-refractivity contribution in [3.05, 3.63) is 47.5 Å². The lowest BCUT2D eigenvalue weighted by atomic mass is 9.68. The minimum absolute atomic E-state index is 0.416. The Labute approximate surface area is 164 Å². The fourth-order valence-electron chi connectivity index (χ4n) is 5.30. The predicted octanol–water partition coefficient (Wildman–Crippen LogP) is 8.18. The normalized spacial score (nSPS) is 29.3. The van der Waals surface area contributed by atoms with Crippen molar-refractivity contribution in [2.75, 3.05) is 0 Å². The van der Waals surface area contributed by atoms with Gasteiger partial charge < -0.3 is 0 Å². The highest BCUT2D eigenvalue weighted by Crippen LogP contribution is 2.44. The van der Waals surface area contributed by atoms with Crippen molar-refractivity contribution in [3.63, 3.8) is 0 Å². The zero-order valence-corrected chi connectivity index (χ0v) is 16.9. The summed E-state index contributed by atoms with van der Waals surface area (Å²) < 4.78 is 26.7. The number of hydrogen-bond acceptors (Lipinski definition) is 0. The van der Waals surface area contributed by atoms with E-state index in [1.807, 2.05) is 0 Å². The van der Waals surface area contributed by atoms with Crippen LogP contribution in [0.2, 0.25) is 0 Å². The van der Waals surface area contributed by atoms with Crippen molar-refractivity contribution < 1.29 is 8.78 Å². The molecule has 0 saturated heterocycles. The quantitative estimate of drug-likeness (QED) is 0.333. The molecule has 0 unspecified atom stereocenters. The number of hydrogen-bond donors (Lipinski definition) is 0. The number of rotatable bonds is 7. The molecule has 27 heavy (non-hydrogen) atoms. The lowest BCUT2D eigenvalue weighted by Gasteiger charge is -2.37. The Morgan fingerprint density at radius 1 is 0.852 bits per heavy atom. The van der Waals surface area contributed by atoms with E-state index in [1.54, 1.807) is 6.07 Å². The maximum atomic E-state index is 13.5. The molecule has 0 heterocycles. The first kappa shape index (κ1) is 20.6. The van der Waals surface area contributed by atoms with E-state index in [0.29, 0.717) is 5.92 Å². The maximum Gasteiger partial charge on any atom is 0.159 e. The van der Waals surface area contributed by atoms with Gasteiger partial charge >= 0.3 is 0 Å². The second kappa shape index (κ2) is 10.4. The molecule has 2 saturated carbocycles. The van der Waals surface area contributed by atoms with Gasteiger partial charge in [0.05, 0.1) is 0 Å². The third-order valence-corrected chi connectivity index (χ3v) is 7.05. The van der Waals surface area contributed by atoms with E-state index in [1.165, 1.54) is 76.3 Å². The monoisotopic (exact) mass is 374 g/mol. The van der Waals surface area contributed by atoms with Gasteiger partial charge in [-0.05, 0) is 106 Å². The maximum absolute atomic E-state index is 13.5. The molecule has 2 heteroatoms. The van der Waals surface area contributed by atoms with Gasteiger partial charge in [0.1, 0.15) is 0 Å². The van der Waals surface area contributed by atoms with Crippen LogP contribution in [0.5, 0.6) is 0 Å². The Morgan fingerprint density at radius 2 is 1.52 bits per heavy atom. The van der Waals surface area contributed by atoms with Crippen molar-refractivity contribution in [2.45, 2.75) is 89.9 Å². The van der Waals surface area contributed by atoms with E-state index >= 15 is 0 Å². The standard InChI is InChI=1S/C25H36F2/c1-2-3-4-5-6-7-19-8-10-20(11-9-19)21-12-14-22(15-13-21)23-16-17-24(26)25(27)18-23/h6-7,16-22H,2-5,8-15H2,1H3/t19-,20-,21-,22-. The van der Waals surface area contributed by atoms with Crippen LogP contribution >= 0.6 is 0 Å². The summed E-state index contributed by atoms with van der Waals surface area (Å²) >= 11 is 0. The van der Waals surface area contributed by atoms with Crippen LogP contribution in [-0.4, -0.2) is 0 Å². The Morgan fingerprint density at radius 3 is 2.15 bits per heavy atom. The van der Waals surface area contributed by atoms with Crippen LogP contribution in [0.4, 0.5) is 8.78 Å². The van der Waals surface area contributed by atoms with Crippen LogP contribution < -0.4 is 0 Å². The van der Waals surface area contributed by atoms with Gasteiger partial charge in [0.25, 0.3) is 0 Å². The van der Waals surface area contributed by atoms with Crippen molar-refractivity contribution in [3.8, 4) is 0 Å². The lowest BCUT2D eigenvalue weighted by molar-refractivity contribution is 0.171. The third kappa shape index (κ3) is 5.90.